The zero-order valence-corrected chi connectivity index (χ0v) is 27.5. The lowest BCUT2D eigenvalue weighted by Crippen LogP contribution is -2.19. The van der Waals surface area contributed by atoms with Crippen molar-refractivity contribution < 1.29 is 19.4 Å². The van der Waals surface area contributed by atoms with Crippen LogP contribution in [0.3, 0.4) is 0 Å². The van der Waals surface area contributed by atoms with E-state index in [9.17, 15) is 9.59 Å². The average Bonchev–Trinajstić information content (AvgIpc) is 3.01. The minimum atomic E-state index is -0.602. The molecule has 0 aliphatic heterocycles. The summed E-state index contributed by atoms with van der Waals surface area (Å²) in [6, 6.07) is 1.83. The molecule has 1 aromatic heterocycles. The van der Waals surface area contributed by atoms with Crippen LogP contribution in [-0.4, -0.2) is 46.7 Å². The topological polar surface area (TPSA) is 140 Å². The quantitative estimate of drug-likeness (QED) is 0.0854. The number of hydrogen-bond acceptors (Lipinski definition) is 8. The molecule has 1 aliphatic carbocycles. The molecular weight excluding hydrogens is 554 g/mol. The lowest BCUT2D eigenvalue weighted by atomic mass is 9.90. The van der Waals surface area contributed by atoms with Crippen molar-refractivity contribution in [1.82, 2.24) is 9.97 Å². The first-order valence-electron chi connectivity index (χ1n) is 15.3. The van der Waals surface area contributed by atoms with Gasteiger partial charge in [0.15, 0.2) is 5.78 Å². The summed E-state index contributed by atoms with van der Waals surface area (Å²) in [4.78, 5) is 36.6. The number of aliphatic imine (C=N–C) groups is 1. The monoisotopic (exact) mass is 605 g/mol. The van der Waals surface area contributed by atoms with Crippen LogP contribution in [0.5, 0.6) is 0 Å². The number of carbonyl (C=O) groups excluding carboxylic acids is 1. The van der Waals surface area contributed by atoms with E-state index in [1.165, 1.54) is 6.42 Å². The number of hydrogen-bond donors (Lipinski definition) is 3. The minimum Gasteiger partial charge on any atom is -0.497 e. The van der Waals surface area contributed by atoms with Gasteiger partial charge in [-0.1, -0.05) is 57.4 Å². The molecule has 1 fully saturated rings. The Morgan fingerprint density at radius 2 is 1.77 bits per heavy atom. The first-order valence-corrected chi connectivity index (χ1v) is 15.3. The molecule has 0 saturated heterocycles. The first kappa shape index (κ1) is 37.8. The van der Waals surface area contributed by atoms with Gasteiger partial charge in [-0.15, -0.1) is 0 Å². The number of carboxylic acid groups (broad SMARTS) is 1. The Kier molecular flexibility index (Phi) is 18.4. The summed E-state index contributed by atoms with van der Waals surface area (Å²) >= 11 is 0. The highest BCUT2D eigenvalue weighted by molar-refractivity contribution is 6.09. The number of nitrogens with two attached hydrogens (primary N) is 1. The van der Waals surface area contributed by atoms with Gasteiger partial charge in [-0.05, 0) is 76.7 Å². The van der Waals surface area contributed by atoms with E-state index >= 15 is 0 Å². The SMILES string of the molecule is C\C=C/N=C/C(=C/CC)c1ccnc(NC/C(C(=O)/C(C)=C/C=C(OC)\C(C)=C\CC)=C(\C)N)n1.O=C(O)C1CCCCC1. The van der Waals surface area contributed by atoms with Crippen molar-refractivity contribution in [1.29, 1.82) is 0 Å². The maximum atomic E-state index is 13.1. The molecule has 0 atom stereocenters. The molecule has 2 rings (SSSR count). The number of carbonyl (C=O) groups is 2. The van der Waals surface area contributed by atoms with Gasteiger partial charge >= 0.3 is 5.97 Å². The van der Waals surface area contributed by atoms with Crippen LogP contribution in [0.1, 0.15) is 92.2 Å². The highest BCUT2D eigenvalue weighted by atomic mass is 16.5. The molecule has 9 nitrogen and oxygen atoms in total. The Balaban J connectivity index is 0.000000912. The number of methoxy groups -OCH3 is 1. The van der Waals surface area contributed by atoms with Crippen molar-refractivity contribution >= 4 is 29.5 Å². The van der Waals surface area contributed by atoms with Crippen LogP contribution in [0, 0.1) is 5.92 Å². The fraction of sp³-hybridized carbons (Fsp3) is 0.457. The van der Waals surface area contributed by atoms with Gasteiger partial charge in [-0.3, -0.25) is 14.6 Å². The highest BCUT2D eigenvalue weighted by Crippen LogP contribution is 2.23. The van der Waals surface area contributed by atoms with Crippen molar-refractivity contribution in [3.63, 3.8) is 0 Å². The van der Waals surface area contributed by atoms with Gasteiger partial charge in [0.2, 0.25) is 5.95 Å². The molecule has 240 valence electrons. The van der Waals surface area contributed by atoms with Crippen LogP contribution in [0.25, 0.3) is 5.57 Å². The van der Waals surface area contributed by atoms with Gasteiger partial charge < -0.3 is 20.9 Å². The summed E-state index contributed by atoms with van der Waals surface area (Å²) < 4.78 is 5.44. The lowest BCUT2D eigenvalue weighted by molar-refractivity contribution is -0.142. The summed E-state index contributed by atoms with van der Waals surface area (Å²) in [6.07, 6.45) is 21.7. The third kappa shape index (κ3) is 13.8. The predicted octanol–water partition coefficient (Wildman–Crippen LogP) is 7.57. The van der Waals surface area contributed by atoms with Crippen molar-refractivity contribution in [3.8, 4) is 0 Å². The minimum absolute atomic E-state index is 0.0289. The Morgan fingerprint density at radius 3 is 2.32 bits per heavy atom. The van der Waals surface area contributed by atoms with Gasteiger partial charge in [0.1, 0.15) is 5.76 Å². The highest BCUT2D eigenvalue weighted by Gasteiger charge is 2.19. The predicted molar refractivity (Wildman–Crippen MR) is 181 cm³/mol. The molecule has 1 saturated carbocycles. The number of nitrogens with one attached hydrogen (secondary N) is 1. The molecule has 0 bridgehead atoms. The number of allylic oxidation sites excluding steroid dienone is 9. The van der Waals surface area contributed by atoms with Crippen molar-refractivity contribution in [2.75, 3.05) is 19.0 Å². The first-order chi connectivity index (χ1) is 21.1. The van der Waals surface area contributed by atoms with E-state index in [0.717, 1.165) is 55.4 Å². The third-order valence-electron chi connectivity index (χ3n) is 6.91. The van der Waals surface area contributed by atoms with Gasteiger partial charge in [0.05, 0.1) is 18.7 Å². The number of anilines is 1. The summed E-state index contributed by atoms with van der Waals surface area (Å²) in [5, 5.41) is 11.7. The molecule has 0 aromatic carbocycles. The normalized spacial score (nSPS) is 16.0. The zero-order valence-electron chi connectivity index (χ0n) is 27.5. The number of aromatic nitrogens is 2. The second-order valence-electron chi connectivity index (χ2n) is 10.5. The van der Waals surface area contributed by atoms with Gasteiger partial charge in [0.25, 0.3) is 0 Å². The van der Waals surface area contributed by atoms with E-state index < -0.39 is 5.97 Å². The fourth-order valence-electron chi connectivity index (χ4n) is 4.45. The Bertz CT molecular complexity index is 1290. The van der Waals surface area contributed by atoms with E-state index in [1.807, 2.05) is 32.1 Å². The second kappa shape index (κ2) is 21.4. The van der Waals surface area contributed by atoms with Crippen LogP contribution < -0.4 is 11.1 Å². The number of nitrogens with zero attached hydrogens (tertiary/aromatic N) is 3. The number of Topliss-reactive ketones (excluding diaryl/α,β-unsaturated/α-hetero) is 1. The van der Waals surface area contributed by atoms with Crippen LogP contribution >= 0.6 is 0 Å². The molecule has 1 aromatic rings. The van der Waals surface area contributed by atoms with Gasteiger partial charge in [-0.25, -0.2) is 9.97 Å². The average molecular weight is 606 g/mol. The maximum Gasteiger partial charge on any atom is 0.306 e. The molecule has 0 radical (unpaired) electrons. The van der Waals surface area contributed by atoms with Crippen molar-refractivity contribution in [3.05, 3.63) is 82.7 Å². The molecule has 0 spiro atoms. The number of carboxylic acids is 1. The summed E-state index contributed by atoms with van der Waals surface area (Å²) in [5.41, 5.74) is 10.2. The molecule has 1 heterocycles. The van der Waals surface area contributed by atoms with Crippen LogP contribution in [0.15, 0.2) is 82.0 Å². The second-order valence-corrected chi connectivity index (χ2v) is 10.5. The molecule has 4 N–H and O–H groups in total. The van der Waals surface area contributed by atoms with E-state index in [0.29, 0.717) is 28.6 Å². The smallest absolute Gasteiger partial charge is 0.306 e. The largest absolute Gasteiger partial charge is 0.497 e. The maximum absolute atomic E-state index is 13.1. The van der Waals surface area contributed by atoms with Crippen LogP contribution in [0.4, 0.5) is 5.95 Å². The number of ether oxygens (including phenoxy) is 1. The van der Waals surface area contributed by atoms with Crippen LogP contribution in [0.2, 0.25) is 0 Å². The molecule has 0 amide bonds. The fourth-order valence-corrected chi connectivity index (χ4v) is 4.45. The summed E-state index contributed by atoms with van der Waals surface area (Å²) in [6.45, 7) is 11.7. The molecule has 9 heteroatoms. The molecule has 44 heavy (non-hydrogen) atoms. The third-order valence-corrected chi connectivity index (χ3v) is 6.91. The Hall–Kier alpha value is -4.27. The van der Waals surface area contributed by atoms with Gasteiger partial charge in [-0.2, -0.15) is 0 Å². The summed E-state index contributed by atoms with van der Waals surface area (Å²) in [7, 11) is 1.62. The lowest BCUT2D eigenvalue weighted by Gasteiger charge is -2.16. The van der Waals surface area contributed by atoms with E-state index in [4.69, 9.17) is 15.6 Å². The van der Waals surface area contributed by atoms with E-state index in [2.05, 4.69) is 40.2 Å². The number of aliphatic carboxylic acids is 1. The van der Waals surface area contributed by atoms with E-state index in [-0.39, 0.29) is 18.2 Å². The summed E-state index contributed by atoms with van der Waals surface area (Å²) in [5.74, 6) is 0.334. The molecule has 1 aliphatic rings. The molecular formula is C35H51N5O4. The Labute approximate surface area is 263 Å². The zero-order chi connectivity index (χ0) is 32.9. The van der Waals surface area contributed by atoms with E-state index in [1.54, 1.807) is 51.7 Å². The number of ketones is 1. The van der Waals surface area contributed by atoms with Crippen molar-refractivity contribution in [2.24, 2.45) is 16.6 Å². The number of rotatable bonds is 14. The Morgan fingerprint density at radius 1 is 1.09 bits per heavy atom. The standard InChI is InChI=1S/C28H39N5O2.C7H12O2/c1-8-11-20(4)26(35-7)14-13-21(5)27(34)24(22(6)29)19-32-28-31-17-15-25(33-28)23(12-9-2)18-30-16-10-3;8-7(9)6-4-2-1-3-5-6/h10-18H,8-9,19,29H2,1-7H3,(H,31,32,33);6H,1-5H2,(H,8,9)/b16-10-,20-11+,21-13+,23-12-,24-22-,26-14+,30-18+;. The van der Waals surface area contributed by atoms with Crippen LogP contribution in [-0.2, 0) is 14.3 Å². The van der Waals surface area contributed by atoms with Crippen molar-refractivity contribution in [2.45, 2.75) is 86.5 Å². The van der Waals surface area contributed by atoms with Gasteiger partial charge in [0, 0.05) is 42.0 Å². The molecule has 0 unspecified atom stereocenters.